The molecule has 0 spiro atoms. The van der Waals surface area contributed by atoms with Gasteiger partial charge in [-0.05, 0) is 38.1 Å². The average Bonchev–Trinajstić information content (AvgIpc) is 2.91. The lowest BCUT2D eigenvalue weighted by molar-refractivity contribution is 0.232. The van der Waals surface area contributed by atoms with Crippen molar-refractivity contribution < 1.29 is 9.13 Å². The molecule has 0 saturated heterocycles. The molecule has 24 heavy (non-hydrogen) atoms. The molecule has 5 heteroatoms. The molecule has 4 nitrogen and oxygen atoms in total. The Balaban J connectivity index is 1.65. The van der Waals surface area contributed by atoms with E-state index >= 15 is 0 Å². The second kappa shape index (κ2) is 5.82. The van der Waals surface area contributed by atoms with Gasteiger partial charge < -0.3 is 14.6 Å². The smallest absolute Gasteiger partial charge is 0.215 e. The Morgan fingerprint density at radius 2 is 2.12 bits per heavy atom. The highest BCUT2D eigenvalue weighted by molar-refractivity contribution is 5.85. The largest absolute Gasteiger partial charge is 0.475 e. The Bertz CT molecular complexity index is 887. The molecule has 0 bridgehead atoms. The quantitative estimate of drug-likeness (QED) is 0.790. The topological polar surface area (TPSA) is 41.1 Å². The molecule has 2 aromatic heterocycles. The first kappa shape index (κ1) is 15.0. The Morgan fingerprint density at radius 3 is 2.96 bits per heavy atom. The van der Waals surface area contributed by atoms with Gasteiger partial charge in [0.25, 0.3) is 0 Å². The maximum absolute atomic E-state index is 13.4. The Kier molecular flexibility index (Phi) is 3.63. The molecule has 0 fully saturated rings. The molecule has 1 aromatic carbocycles. The zero-order valence-electron chi connectivity index (χ0n) is 13.8. The summed E-state index contributed by atoms with van der Waals surface area (Å²) >= 11 is 0. The van der Waals surface area contributed by atoms with E-state index in [0.717, 1.165) is 36.1 Å². The summed E-state index contributed by atoms with van der Waals surface area (Å²) < 4.78 is 19.1. The summed E-state index contributed by atoms with van der Waals surface area (Å²) in [6.45, 7) is 5.69. The van der Waals surface area contributed by atoms with Crippen LogP contribution in [0, 0.1) is 5.82 Å². The number of nitrogens with zero attached hydrogens (tertiary/aromatic N) is 2. The van der Waals surface area contributed by atoms with Gasteiger partial charge in [-0.2, -0.15) is 0 Å². The molecule has 1 aliphatic rings. The van der Waals surface area contributed by atoms with E-state index < -0.39 is 0 Å². The van der Waals surface area contributed by atoms with Crippen LogP contribution in [0.3, 0.4) is 0 Å². The predicted octanol–water partition coefficient (Wildman–Crippen LogP) is 4.05. The van der Waals surface area contributed by atoms with Crippen molar-refractivity contribution in [2.45, 2.75) is 32.9 Å². The third-order valence-corrected chi connectivity index (χ3v) is 4.38. The zero-order valence-corrected chi connectivity index (χ0v) is 13.8. The standard InChI is InChI=1S/C19H20FN3O/c1-12(2)24-19-10-14(5-7-21-19)23-8-6-17-16(11-23)15-4-3-13(20)9-18(15)22-17/h3-5,7,9-10,12,22H,6,8,11H2,1-2H3. The molecule has 3 aromatic rings. The first-order chi connectivity index (χ1) is 11.6. The van der Waals surface area contributed by atoms with Crippen LogP contribution >= 0.6 is 0 Å². The Labute approximate surface area is 140 Å². The molecule has 0 saturated carbocycles. The number of rotatable bonds is 3. The van der Waals surface area contributed by atoms with Crippen LogP contribution in [0.15, 0.2) is 36.5 Å². The molecular weight excluding hydrogens is 305 g/mol. The first-order valence-corrected chi connectivity index (χ1v) is 8.27. The minimum absolute atomic E-state index is 0.101. The maximum atomic E-state index is 13.4. The molecule has 0 amide bonds. The number of hydrogen-bond donors (Lipinski definition) is 1. The van der Waals surface area contributed by atoms with Crippen LogP contribution in [0.5, 0.6) is 5.88 Å². The van der Waals surface area contributed by atoms with Gasteiger partial charge in [0.05, 0.1) is 6.10 Å². The fourth-order valence-electron chi connectivity index (χ4n) is 3.32. The molecule has 124 valence electrons. The molecule has 3 heterocycles. The van der Waals surface area contributed by atoms with Gasteiger partial charge in [-0.15, -0.1) is 0 Å². The number of H-pyrrole nitrogens is 1. The number of aromatic amines is 1. The molecule has 0 atom stereocenters. The summed E-state index contributed by atoms with van der Waals surface area (Å²) in [5.74, 6) is 0.442. The minimum atomic E-state index is -0.206. The van der Waals surface area contributed by atoms with E-state index in [2.05, 4.69) is 14.9 Å². The van der Waals surface area contributed by atoms with Crippen LogP contribution in [0.2, 0.25) is 0 Å². The highest BCUT2D eigenvalue weighted by atomic mass is 19.1. The van der Waals surface area contributed by atoms with Crippen molar-refractivity contribution in [1.29, 1.82) is 0 Å². The van der Waals surface area contributed by atoms with Crippen molar-refractivity contribution in [3.05, 3.63) is 53.6 Å². The van der Waals surface area contributed by atoms with Gasteiger partial charge in [0.1, 0.15) is 5.82 Å². The lowest BCUT2D eigenvalue weighted by Crippen LogP contribution is -2.30. The zero-order chi connectivity index (χ0) is 16.7. The van der Waals surface area contributed by atoms with Crippen molar-refractivity contribution in [2.75, 3.05) is 11.4 Å². The second-order valence-corrected chi connectivity index (χ2v) is 6.46. The van der Waals surface area contributed by atoms with Crippen LogP contribution < -0.4 is 9.64 Å². The Hall–Kier alpha value is -2.56. The third-order valence-electron chi connectivity index (χ3n) is 4.38. The number of benzene rings is 1. The van der Waals surface area contributed by atoms with E-state index in [-0.39, 0.29) is 11.9 Å². The van der Waals surface area contributed by atoms with Crippen LogP contribution in [0.4, 0.5) is 10.1 Å². The van der Waals surface area contributed by atoms with E-state index in [4.69, 9.17) is 4.74 Å². The monoisotopic (exact) mass is 325 g/mol. The molecule has 4 rings (SSSR count). The van der Waals surface area contributed by atoms with Crippen molar-refractivity contribution in [3.63, 3.8) is 0 Å². The predicted molar refractivity (Wildman–Crippen MR) is 93.0 cm³/mol. The summed E-state index contributed by atoms with van der Waals surface area (Å²) in [6.07, 6.45) is 2.80. The van der Waals surface area contributed by atoms with Gasteiger partial charge in [-0.25, -0.2) is 9.37 Å². The van der Waals surface area contributed by atoms with Gasteiger partial charge in [0.2, 0.25) is 5.88 Å². The number of fused-ring (bicyclic) bond motifs is 3. The number of hydrogen-bond acceptors (Lipinski definition) is 3. The molecule has 1 aliphatic heterocycles. The van der Waals surface area contributed by atoms with Gasteiger partial charge in [-0.1, -0.05) is 0 Å². The van der Waals surface area contributed by atoms with Crippen LogP contribution in [-0.2, 0) is 13.0 Å². The summed E-state index contributed by atoms with van der Waals surface area (Å²) in [4.78, 5) is 9.95. The summed E-state index contributed by atoms with van der Waals surface area (Å²) in [6, 6.07) is 8.95. The number of pyridine rings is 1. The second-order valence-electron chi connectivity index (χ2n) is 6.46. The van der Waals surface area contributed by atoms with Crippen LogP contribution in [0.1, 0.15) is 25.1 Å². The number of anilines is 1. The number of ether oxygens (including phenoxy) is 1. The maximum Gasteiger partial charge on any atom is 0.215 e. The van der Waals surface area contributed by atoms with Gasteiger partial charge in [0, 0.05) is 59.6 Å². The van der Waals surface area contributed by atoms with Crippen LogP contribution in [0.25, 0.3) is 10.9 Å². The first-order valence-electron chi connectivity index (χ1n) is 8.27. The van der Waals surface area contributed by atoms with E-state index in [0.29, 0.717) is 5.88 Å². The highest BCUT2D eigenvalue weighted by Gasteiger charge is 2.21. The third kappa shape index (κ3) is 2.70. The highest BCUT2D eigenvalue weighted by Crippen LogP contribution is 2.31. The molecule has 0 radical (unpaired) electrons. The van der Waals surface area contributed by atoms with Gasteiger partial charge in [-0.3, -0.25) is 0 Å². The SMILES string of the molecule is CC(C)Oc1cc(N2CCc3[nH]c4cc(F)ccc4c3C2)ccn1. The number of aromatic nitrogens is 2. The van der Waals surface area contributed by atoms with Crippen molar-refractivity contribution in [2.24, 2.45) is 0 Å². The lowest BCUT2D eigenvalue weighted by Gasteiger charge is -2.29. The number of nitrogens with one attached hydrogen (secondary N) is 1. The molecule has 0 unspecified atom stereocenters. The minimum Gasteiger partial charge on any atom is -0.475 e. The lowest BCUT2D eigenvalue weighted by atomic mass is 10.0. The van der Waals surface area contributed by atoms with Crippen LogP contribution in [-0.4, -0.2) is 22.6 Å². The fraction of sp³-hybridized carbons (Fsp3) is 0.316. The molecule has 1 N–H and O–H groups in total. The molecular formula is C19H20FN3O. The van der Waals surface area contributed by atoms with Crippen molar-refractivity contribution in [3.8, 4) is 5.88 Å². The van der Waals surface area contributed by atoms with E-state index in [1.165, 1.54) is 17.3 Å². The summed E-state index contributed by atoms with van der Waals surface area (Å²) in [7, 11) is 0. The fourth-order valence-corrected chi connectivity index (χ4v) is 3.32. The molecule has 0 aliphatic carbocycles. The normalized spacial score (nSPS) is 14.2. The van der Waals surface area contributed by atoms with Crippen molar-refractivity contribution >= 4 is 16.6 Å². The van der Waals surface area contributed by atoms with Gasteiger partial charge >= 0.3 is 0 Å². The average molecular weight is 325 g/mol. The van der Waals surface area contributed by atoms with Crippen molar-refractivity contribution in [1.82, 2.24) is 9.97 Å². The Morgan fingerprint density at radius 1 is 1.25 bits per heavy atom. The summed E-state index contributed by atoms with van der Waals surface area (Å²) in [5, 5.41) is 1.10. The van der Waals surface area contributed by atoms with E-state index in [1.807, 2.05) is 32.0 Å². The number of halogens is 1. The van der Waals surface area contributed by atoms with Gasteiger partial charge in [0.15, 0.2) is 0 Å². The van der Waals surface area contributed by atoms with E-state index in [9.17, 15) is 4.39 Å². The summed E-state index contributed by atoms with van der Waals surface area (Å²) in [5.41, 5.74) is 4.43. The van der Waals surface area contributed by atoms with E-state index in [1.54, 1.807) is 12.3 Å².